The van der Waals surface area contributed by atoms with Gasteiger partial charge >= 0.3 is 0 Å². The van der Waals surface area contributed by atoms with Crippen molar-refractivity contribution in [2.75, 3.05) is 6.26 Å². The minimum atomic E-state index is -3.15. The van der Waals surface area contributed by atoms with Crippen molar-refractivity contribution in [1.82, 2.24) is 0 Å². The van der Waals surface area contributed by atoms with Gasteiger partial charge in [-0.3, -0.25) is 0 Å². The average Bonchev–Trinajstić information content (AvgIpc) is 3.22. The van der Waals surface area contributed by atoms with Crippen molar-refractivity contribution < 1.29 is 8.42 Å². The predicted molar refractivity (Wildman–Crippen MR) is 108 cm³/mol. The summed E-state index contributed by atoms with van der Waals surface area (Å²) in [6.07, 6.45) is 8.83. The van der Waals surface area contributed by atoms with E-state index in [4.69, 9.17) is 0 Å². The van der Waals surface area contributed by atoms with Gasteiger partial charge in [-0.05, 0) is 72.4 Å². The zero-order chi connectivity index (χ0) is 18.4. The van der Waals surface area contributed by atoms with Crippen LogP contribution in [0.3, 0.4) is 0 Å². The number of benzene rings is 2. The van der Waals surface area contributed by atoms with E-state index in [1.165, 1.54) is 59.8 Å². The van der Waals surface area contributed by atoms with Crippen molar-refractivity contribution in [2.45, 2.75) is 50.3 Å². The standard InChI is InChI=1S/C23H26O2S/c1-17-5-7-18(8-6-17)21-15-23(13-3-4-14-23)16-22(21)19-9-11-20(12-10-19)26(2,24)25/h5-12H,3-4,13-16H2,1-2H3. The third kappa shape index (κ3) is 3.25. The van der Waals surface area contributed by atoms with Gasteiger partial charge in [0.15, 0.2) is 9.84 Å². The summed E-state index contributed by atoms with van der Waals surface area (Å²) in [5.41, 5.74) is 7.07. The largest absolute Gasteiger partial charge is 0.224 e. The smallest absolute Gasteiger partial charge is 0.175 e. The number of hydrogen-bond acceptors (Lipinski definition) is 2. The third-order valence-electron chi connectivity index (χ3n) is 6.16. The zero-order valence-corrected chi connectivity index (χ0v) is 16.4. The van der Waals surface area contributed by atoms with Crippen LogP contribution in [0.2, 0.25) is 0 Å². The fourth-order valence-electron chi connectivity index (χ4n) is 4.72. The van der Waals surface area contributed by atoms with Crippen molar-refractivity contribution in [3.05, 3.63) is 65.2 Å². The molecular formula is C23H26O2S. The summed E-state index contributed by atoms with van der Waals surface area (Å²) < 4.78 is 23.6. The maximum atomic E-state index is 11.8. The summed E-state index contributed by atoms with van der Waals surface area (Å²) in [5, 5.41) is 0. The molecule has 1 spiro atoms. The number of hydrogen-bond donors (Lipinski definition) is 0. The van der Waals surface area contributed by atoms with E-state index >= 15 is 0 Å². The van der Waals surface area contributed by atoms with E-state index in [0.717, 1.165) is 12.8 Å². The average molecular weight is 367 g/mol. The molecule has 2 aromatic carbocycles. The molecular weight excluding hydrogens is 340 g/mol. The molecule has 1 fully saturated rings. The molecule has 26 heavy (non-hydrogen) atoms. The van der Waals surface area contributed by atoms with Crippen LogP contribution in [0.15, 0.2) is 53.4 Å². The molecule has 136 valence electrons. The van der Waals surface area contributed by atoms with Crippen LogP contribution in [0.1, 0.15) is 55.2 Å². The minimum Gasteiger partial charge on any atom is -0.224 e. The molecule has 0 N–H and O–H groups in total. The quantitative estimate of drug-likeness (QED) is 0.702. The van der Waals surface area contributed by atoms with Crippen LogP contribution in [-0.4, -0.2) is 14.7 Å². The molecule has 0 atom stereocenters. The van der Waals surface area contributed by atoms with Crippen LogP contribution >= 0.6 is 0 Å². The summed E-state index contributed by atoms with van der Waals surface area (Å²) >= 11 is 0. The van der Waals surface area contributed by atoms with E-state index in [0.29, 0.717) is 10.3 Å². The summed E-state index contributed by atoms with van der Waals surface area (Å²) in [5.74, 6) is 0. The van der Waals surface area contributed by atoms with Crippen molar-refractivity contribution in [1.29, 1.82) is 0 Å². The van der Waals surface area contributed by atoms with Crippen LogP contribution in [-0.2, 0) is 9.84 Å². The first-order chi connectivity index (χ1) is 12.4. The Kier molecular flexibility index (Phi) is 4.31. The van der Waals surface area contributed by atoms with E-state index in [2.05, 4.69) is 31.2 Å². The van der Waals surface area contributed by atoms with Gasteiger partial charge in [-0.25, -0.2) is 8.42 Å². The fourth-order valence-corrected chi connectivity index (χ4v) is 5.35. The lowest BCUT2D eigenvalue weighted by atomic mass is 9.81. The van der Waals surface area contributed by atoms with E-state index in [-0.39, 0.29) is 0 Å². The van der Waals surface area contributed by atoms with Gasteiger partial charge in [0.2, 0.25) is 0 Å². The maximum Gasteiger partial charge on any atom is 0.175 e. The number of sulfone groups is 1. The lowest BCUT2D eigenvalue weighted by molar-refractivity contribution is 0.330. The molecule has 0 saturated heterocycles. The minimum absolute atomic E-state index is 0.396. The summed E-state index contributed by atoms with van der Waals surface area (Å²) in [6, 6.07) is 16.3. The Hall–Kier alpha value is -1.87. The third-order valence-corrected chi connectivity index (χ3v) is 7.29. The Morgan fingerprint density at radius 2 is 1.23 bits per heavy atom. The maximum absolute atomic E-state index is 11.8. The molecule has 2 aliphatic rings. The van der Waals surface area contributed by atoms with E-state index in [1.54, 1.807) is 12.1 Å². The Balaban J connectivity index is 1.78. The van der Waals surface area contributed by atoms with Crippen LogP contribution in [0.5, 0.6) is 0 Å². The second-order valence-corrected chi connectivity index (χ2v) is 10.2. The van der Waals surface area contributed by atoms with Crippen molar-refractivity contribution in [3.8, 4) is 0 Å². The molecule has 3 heteroatoms. The molecule has 0 bridgehead atoms. The Morgan fingerprint density at radius 1 is 0.769 bits per heavy atom. The highest BCUT2D eigenvalue weighted by Gasteiger charge is 2.41. The lowest BCUT2D eigenvalue weighted by Gasteiger charge is -2.23. The molecule has 1 saturated carbocycles. The number of rotatable bonds is 3. The predicted octanol–water partition coefficient (Wildman–Crippen LogP) is 5.66. The van der Waals surface area contributed by atoms with E-state index in [1.807, 2.05) is 12.1 Å². The van der Waals surface area contributed by atoms with E-state index in [9.17, 15) is 8.42 Å². The molecule has 0 aromatic heterocycles. The van der Waals surface area contributed by atoms with Gasteiger partial charge in [-0.2, -0.15) is 0 Å². The second kappa shape index (κ2) is 6.38. The summed E-state index contributed by atoms with van der Waals surface area (Å²) in [6.45, 7) is 2.12. The molecule has 4 rings (SSSR count). The van der Waals surface area contributed by atoms with Gasteiger partial charge in [0.25, 0.3) is 0 Å². The first kappa shape index (κ1) is 17.5. The second-order valence-electron chi connectivity index (χ2n) is 8.18. The lowest BCUT2D eigenvalue weighted by Crippen LogP contribution is -2.11. The number of aryl methyl sites for hydroxylation is 1. The Morgan fingerprint density at radius 3 is 1.69 bits per heavy atom. The molecule has 2 aliphatic carbocycles. The Bertz CT molecular complexity index is 942. The van der Waals surface area contributed by atoms with Crippen LogP contribution in [0.25, 0.3) is 11.1 Å². The first-order valence-corrected chi connectivity index (χ1v) is 11.4. The molecule has 2 nitrogen and oxygen atoms in total. The monoisotopic (exact) mass is 366 g/mol. The highest BCUT2D eigenvalue weighted by atomic mass is 32.2. The summed E-state index contributed by atoms with van der Waals surface area (Å²) in [4.78, 5) is 0.396. The van der Waals surface area contributed by atoms with Gasteiger partial charge in [-0.15, -0.1) is 0 Å². The molecule has 2 aromatic rings. The van der Waals surface area contributed by atoms with Gasteiger partial charge in [0, 0.05) is 6.26 Å². The van der Waals surface area contributed by atoms with Gasteiger partial charge in [0.1, 0.15) is 0 Å². The highest BCUT2D eigenvalue weighted by Crippen LogP contribution is 2.57. The molecule has 0 unspecified atom stereocenters. The molecule has 0 aliphatic heterocycles. The van der Waals surface area contributed by atoms with Gasteiger partial charge < -0.3 is 0 Å². The van der Waals surface area contributed by atoms with Gasteiger partial charge in [0.05, 0.1) is 4.90 Å². The molecule has 0 radical (unpaired) electrons. The normalized spacial score (nSPS) is 19.5. The van der Waals surface area contributed by atoms with Crippen molar-refractivity contribution in [2.24, 2.45) is 5.41 Å². The van der Waals surface area contributed by atoms with Crippen LogP contribution in [0, 0.1) is 12.3 Å². The zero-order valence-electron chi connectivity index (χ0n) is 15.6. The van der Waals surface area contributed by atoms with Crippen LogP contribution in [0.4, 0.5) is 0 Å². The SMILES string of the molecule is Cc1ccc(C2=C(c3ccc(S(C)(=O)=O)cc3)CC3(CCCC3)C2)cc1. The van der Waals surface area contributed by atoms with Crippen LogP contribution < -0.4 is 0 Å². The number of allylic oxidation sites excluding steroid dienone is 2. The van der Waals surface area contributed by atoms with E-state index < -0.39 is 9.84 Å². The van der Waals surface area contributed by atoms with Crippen molar-refractivity contribution >= 4 is 21.0 Å². The summed E-state index contributed by atoms with van der Waals surface area (Å²) in [7, 11) is -3.15. The first-order valence-electron chi connectivity index (χ1n) is 9.46. The highest BCUT2D eigenvalue weighted by molar-refractivity contribution is 7.90. The van der Waals surface area contributed by atoms with Gasteiger partial charge in [-0.1, -0.05) is 54.8 Å². The molecule has 0 heterocycles. The Labute approximate surface area is 156 Å². The topological polar surface area (TPSA) is 34.1 Å². The molecule has 0 amide bonds. The van der Waals surface area contributed by atoms with Crippen molar-refractivity contribution in [3.63, 3.8) is 0 Å². The fraction of sp³-hybridized carbons (Fsp3) is 0.391.